The lowest BCUT2D eigenvalue weighted by Gasteiger charge is -2.14. The van der Waals surface area contributed by atoms with Gasteiger partial charge in [-0.1, -0.05) is 182 Å². The van der Waals surface area contributed by atoms with Crippen LogP contribution in [-0.4, -0.2) is 19.1 Å². The van der Waals surface area contributed by atoms with Gasteiger partial charge >= 0.3 is 0 Å². The summed E-state index contributed by atoms with van der Waals surface area (Å²) in [7, 11) is 0. The third kappa shape index (κ3) is 5.14. The maximum Gasteiger partial charge on any atom is 0.235 e. The van der Waals surface area contributed by atoms with Crippen molar-refractivity contribution in [3.63, 3.8) is 0 Å². The Labute approximate surface area is 357 Å². The highest BCUT2D eigenvalue weighted by molar-refractivity contribution is 6.38. The summed E-state index contributed by atoms with van der Waals surface area (Å²) in [5, 5.41) is 10.6. The van der Waals surface area contributed by atoms with Crippen molar-refractivity contribution in [3.05, 3.63) is 218 Å². The van der Waals surface area contributed by atoms with Crippen LogP contribution in [0.25, 0.3) is 121 Å². The minimum absolute atomic E-state index is 0.644. The summed E-state index contributed by atoms with van der Waals surface area (Å²) < 4.78 is 4.77. The summed E-state index contributed by atoms with van der Waals surface area (Å²) in [5.41, 5.74) is 13.2. The normalized spacial score (nSPS) is 11.9. The first-order valence-corrected chi connectivity index (χ1v) is 21.2. The molecule has 288 valence electrons. The predicted octanol–water partition coefficient (Wildman–Crippen LogP) is 15.1. The molecule has 62 heavy (non-hydrogen) atoms. The molecule has 0 fully saturated rings. The van der Waals surface area contributed by atoms with Crippen molar-refractivity contribution in [3.8, 4) is 45.1 Å². The molecule has 13 rings (SSSR count). The quantitative estimate of drug-likeness (QED) is 0.163. The minimum atomic E-state index is 0.644. The number of rotatable bonds is 5. The Balaban J connectivity index is 1.14. The number of benzene rings is 10. The van der Waals surface area contributed by atoms with Gasteiger partial charge in [0.2, 0.25) is 5.95 Å². The van der Waals surface area contributed by atoms with Crippen LogP contribution in [0.3, 0.4) is 0 Å². The van der Waals surface area contributed by atoms with Crippen LogP contribution in [0.5, 0.6) is 0 Å². The van der Waals surface area contributed by atoms with Crippen LogP contribution in [-0.2, 0) is 0 Å². The second-order valence-electron chi connectivity index (χ2n) is 16.1. The minimum Gasteiger partial charge on any atom is -0.309 e. The zero-order chi connectivity index (χ0) is 40.7. The monoisotopic (exact) mass is 788 g/mol. The average Bonchev–Trinajstić information content (AvgIpc) is 3.88. The molecule has 0 N–H and O–H groups in total. The number of fused-ring (bicyclic) bond motifs is 13. The lowest BCUT2D eigenvalue weighted by atomic mass is 9.95. The largest absolute Gasteiger partial charge is 0.309 e. The molecule has 0 aliphatic heterocycles. The van der Waals surface area contributed by atoms with E-state index in [1.165, 1.54) is 60.0 Å². The molecule has 0 saturated heterocycles. The fourth-order valence-electron chi connectivity index (χ4n) is 9.97. The molecule has 3 heterocycles. The fourth-order valence-corrected chi connectivity index (χ4v) is 9.97. The standard InChI is InChI=1S/C58H36N4/c1-3-15-37(16-4-1)39-27-29-41(30-28-39)56-47-23-11-13-25-49(47)59-58(60-56)62-52-36-35-51-53(55(52)54-45-21-9-7-19-43(45)44-20-8-10-22-46(44)57(54)62)48-24-12-14-26-50(48)61(51)42-33-31-40(32-34-42)38-17-5-2-6-18-38/h1-36H. The van der Waals surface area contributed by atoms with Crippen LogP contribution in [0.4, 0.5) is 0 Å². The van der Waals surface area contributed by atoms with Crippen molar-refractivity contribution in [2.24, 2.45) is 0 Å². The van der Waals surface area contributed by atoms with E-state index in [-0.39, 0.29) is 0 Å². The van der Waals surface area contributed by atoms with Gasteiger partial charge in [-0.15, -0.1) is 0 Å². The first kappa shape index (κ1) is 34.5. The second-order valence-corrected chi connectivity index (χ2v) is 16.1. The molecule has 0 unspecified atom stereocenters. The van der Waals surface area contributed by atoms with Crippen molar-refractivity contribution in [1.82, 2.24) is 19.1 Å². The van der Waals surface area contributed by atoms with E-state index in [2.05, 4.69) is 228 Å². The lowest BCUT2D eigenvalue weighted by molar-refractivity contribution is 1.02. The summed E-state index contributed by atoms with van der Waals surface area (Å²) >= 11 is 0. The zero-order valence-electron chi connectivity index (χ0n) is 33.6. The summed E-state index contributed by atoms with van der Waals surface area (Å²) in [5.74, 6) is 0.644. The Morgan fingerprint density at radius 1 is 0.274 bits per heavy atom. The van der Waals surface area contributed by atoms with Crippen LogP contribution < -0.4 is 0 Å². The van der Waals surface area contributed by atoms with Gasteiger partial charge in [-0.2, -0.15) is 0 Å². The summed E-state index contributed by atoms with van der Waals surface area (Å²) in [6.45, 7) is 0. The molecule has 4 nitrogen and oxygen atoms in total. The maximum absolute atomic E-state index is 5.58. The van der Waals surface area contributed by atoms with Gasteiger partial charge < -0.3 is 4.57 Å². The molecular formula is C58H36N4. The molecule has 13 aromatic rings. The highest BCUT2D eigenvalue weighted by atomic mass is 15.2. The van der Waals surface area contributed by atoms with Crippen molar-refractivity contribution >= 4 is 76.1 Å². The third-order valence-corrected chi connectivity index (χ3v) is 12.7. The molecule has 0 atom stereocenters. The van der Waals surface area contributed by atoms with E-state index in [9.17, 15) is 0 Å². The first-order chi connectivity index (χ1) is 30.8. The van der Waals surface area contributed by atoms with Crippen LogP contribution in [0.15, 0.2) is 218 Å². The fraction of sp³-hybridized carbons (Fsp3) is 0. The highest BCUT2D eigenvalue weighted by Crippen LogP contribution is 2.47. The predicted molar refractivity (Wildman–Crippen MR) is 260 cm³/mol. The van der Waals surface area contributed by atoms with Gasteiger partial charge in [0, 0.05) is 43.6 Å². The van der Waals surface area contributed by atoms with E-state index >= 15 is 0 Å². The molecule has 0 spiro atoms. The van der Waals surface area contributed by atoms with Gasteiger partial charge in [0.05, 0.1) is 33.3 Å². The molecule has 0 bridgehead atoms. The van der Waals surface area contributed by atoms with Crippen molar-refractivity contribution in [2.75, 3.05) is 0 Å². The molecule has 0 radical (unpaired) electrons. The molecule has 0 aliphatic carbocycles. The van der Waals surface area contributed by atoms with Gasteiger partial charge in [0.15, 0.2) is 0 Å². The van der Waals surface area contributed by atoms with Gasteiger partial charge in [0.1, 0.15) is 0 Å². The van der Waals surface area contributed by atoms with Gasteiger partial charge in [0.25, 0.3) is 0 Å². The van der Waals surface area contributed by atoms with Crippen molar-refractivity contribution in [2.45, 2.75) is 0 Å². The van der Waals surface area contributed by atoms with Gasteiger partial charge in [-0.3, -0.25) is 4.57 Å². The Hall–Kier alpha value is -8.34. The average molecular weight is 789 g/mol. The van der Waals surface area contributed by atoms with E-state index < -0.39 is 0 Å². The van der Waals surface area contributed by atoms with Crippen molar-refractivity contribution in [1.29, 1.82) is 0 Å². The Kier molecular flexibility index (Phi) is 7.57. The molecule has 0 amide bonds. The molecular weight excluding hydrogens is 753 g/mol. The first-order valence-electron chi connectivity index (χ1n) is 21.2. The van der Waals surface area contributed by atoms with E-state index in [1.807, 2.05) is 0 Å². The zero-order valence-corrected chi connectivity index (χ0v) is 33.6. The number of aromatic nitrogens is 4. The van der Waals surface area contributed by atoms with E-state index in [4.69, 9.17) is 9.97 Å². The third-order valence-electron chi connectivity index (χ3n) is 12.7. The smallest absolute Gasteiger partial charge is 0.235 e. The van der Waals surface area contributed by atoms with E-state index in [0.717, 1.165) is 55.3 Å². The summed E-state index contributed by atoms with van der Waals surface area (Å²) in [6, 6.07) is 78.4. The lowest BCUT2D eigenvalue weighted by Crippen LogP contribution is -2.04. The Morgan fingerprint density at radius 2 is 0.758 bits per heavy atom. The Morgan fingerprint density at radius 3 is 1.44 bits per heavy atom. The molecule has 4 heteroatoms. The topological polar surface area (TPSA) is 35.6 Å². The highest BCUT2D eigenvalue weighted by Gasteiger charge is 2.25. The maximum atomic E-state index is 5.58. The van der Waals surface area contributed by atoms with E-state index in [1.54, 1.807) is 0 Å². The summed E-state index contributed by atoms with van der Waals surface area (Å²) in [6.07, 6.45) is 0. The van der Waals surface area contributed by atoms with Crippen molar-refractivity contribution < 1.29 is 0 Å². The van der Waals surface area contributed by atoms with Crippen LogP contribution in [0.1, 0.15) is 0 Å². The number of para-hydroxylation sites is 2. The SMILES string of the molecule is c1ccc(-c2ccc(-c3nc(-n4c5ccc6c(c7ccccc7n6-c6ccc(-c7ccccc7)cc6)c5c5c6ccccc6c6ccccc6c54)nc4ccccc34)cc2)cc1. The molecule has 10 aromatic carbocycles. The van der Waals surface area contributed by atoms with E-state index in [0.29, 0.717) is 5.95 Å². The van der Waals surface area contributed by atoms with Crippen LogP contribution in [0.2, 0.25) is 0 Å². The Bertz CT molecular complexity index is 3880. The molecule has 0 saturated carbocycles. The van der Waals surface area contributed by atoms with Crippen LogP contribution >= 0.6 is 0 Å². The van der Waals surface area contributed by atoms with Crippen LogP contribution in [0, 0.1) is 0 Å². The van der Waals surface area contributed by atoms with Gasteiger partial charge in [-0.05, 0) is 74.8 Å². The number of nitrogens with zero attached hydrogens (tertiary/aromatic N) is 4. The number of hydrogen-bond donors (Lipinski definition) is 0. The summed E-state index contributed by atoms with van der Waals surface area (Å²) in [4.78, 5) is 11.0. The number of hydrogen-bond acceptors (Lipinski definition) is 2. The second kappa shape index (κ2) is 13.6. The molecule has 0 aliphatic rings. The van der Waals surface area contributed by atoms with Gasteiger partial charge in [-0.25, -0.2) is 9.97 Å². The molecule has 3 aromatic heterocycles.